The lowest BCUT2D eigenvalue weighted by molar-refractivity contribution is -0.374. The molecule has 0 unspecified atom stereocenters. The van der Waals surface area contributed by atoms with Gasteiger partial charge in [0.05, 0.1) is 0 Å². The highest BCUT2D eigenvalue weighted by molar-refractivity contribution is 5.61. The van der Waals surface area contributed by atoms with E-state index in [-0.39, 0.29) is 57.3 Å². The van der Waals surface area contributed by atoms with E-state index in [1.807, 2.05) is 0 Å². The molecule has 0 saturated heterocycles. The maximum absolute atomic E-state index is 15.7. The summed E-state index contributed by atoms with van der Waals surface area (Å²) >= 11 is 0. The predicted molar refractivity (Wildman–Crippen MR) is 146 cm³/mol. The number of nitrogens with two attached hydrogens (primary N) is 2. The first-order valence-electron chi connectivity index (χ1n) is 15.1. The van der Waals surface area contributed by atoms with Gasteiger partial charge in [0.2, 0.25) is 0 Å². The molecular formula is C32H36F8N2. The first kappa shape index (κ1) is 29.5. The molecule has 10 heteroatoms. The number of anilines is 2. The van der Waals surface area contributed by atoms with Crippen molar-refractivity contribution in [3.63, 3.8) is 0 Å². The van der Waals surface area contributed by atoms with Crippen LogP contribution in [-0.2, 0) is 11.8 Å². The number of rotatable bonds is 9. The minimum absolute atomic E-state index is 0.207. The largest absolute Gasteiger partial charge is 0.398 e. The third-order valence-electron chi connectivity index (χ3n) is 10.6. The highest BCUT2D eigenvalue weighted by Gasteiger charge is 2.81. The van der Waals surface area contributed by atoms with Gasteiger partial charge in [-0.1, -0.05) is 25.7 Å². The molecule has 0 atom stereocenters. The molecule has 0 spiro atoms. The maximum atomic E-state index is 15.7. The molecule has 0 radical (unpaired) electrons. The second-order valence-corrected chi connectivity index (χ2v) is 12.9. The van der Waals surface area contributed by atoms with E-state index in [0.29, 0.717) is 51.4 Å². The van der Waals surface area contributed by atoms with Crippen LogP contribution < -0.4 is 11.5 Å². The molecule has 0 amide bonds. The fourth-order valence-corrected chi connectivity index (χ4v) is 6.75. The molecule has 6 rings (SSSR count). The number of benzene rings is 2. The van der Waals surface area contributed by atoms with Crippen molar-refractivity contribution in [3.05, 3.63) is 57.6 Å². The molecule has 0 aromatic heterocycles. The highest BCUT2D eigenvalue weighted by Crippen LogP contribution is 2.61. The first-order chi connectivity index (χ1) is 19.7. The van der Waals surface area contributed by atoms with E-state index in [1.165, 1.54) is 0 Å². The molecule has 0 bridgehead atoms. The molecule has 2 aromatic carbocycles. The van der Waals surface area contributed by atoms with Crippen molar-refractivity contribution < 1.29 is 35.1 Å². The molecule has 2 aromatic rings. The first-order valence-corrected chi connectivity index (χ1v) is 15.1. The van der Waals surface area contributed by atoms with Gasteiger partial charge in [-0.3, -0.25) is 0 Å². The Hall–Kier alpha value is -2.52. The lowest BCUT2D eigenvalue weighted by Crippen LogP contribution is -2.59. The van der Waals surface area contributed by atoms with Gasteiger partial charge >= 0.3 is 23.7 Å². The molecular weight excluding hydrogens is 564 g/mol. The zero-order valence-corrected chi connectivity index (χ0v) is 23.3. The summed E-state index contributed by atoms with van der Waals surface area (Å²) in [4.78, 5) is 0. The zero-order chi connectivity index (χ0) is 30.2. The highest BCUT2D eigenvalue weighted by atomic mass is 19.4. The van der Waals surface area contributed by atoms with Crippen LogP contribution >= 0.6 is 0 Å². The lowest BCUT2D eigenvalue weighted by Gasteiger charge is -2.39. The van der Waals surface area contributed by atoms with Gasteiger partial charge in [0.15, 0.2) is 0 Å². The average Bonchev–Trinajstić information content (AvgIpc) is 2.78. The smallest absolute Gasteiger partial charge is 0.382 e. The summed E-state index contributed by atoms with van der Waals surface area (Å²) in [5.41, 5.74) is 11.0. The molecule has 0 aliphatic heterocycles. The second kappa shape index (κ2) is 10.0. The number of alkyl halides is 8. The van der Waals surface area contributed by atoms with Crippen LogP contribution in [0.3, 0.4) is 0 Å². The monoisotopic (exact) mass is 600 g/mol. The lowest BCUT2D eigenvalue weighted by atomic mass is 9.72. The van der Waals surface area contributed by atoms with Gasteiger partial charge in [0, 0.05) is 22.5 Å². The molecule has 4 N–H and O–H groups in total. The summed E-state index contributed by atoms with van der Waals surface area (Å²) in [6.07, 6.45) is 7.92. The van der Waals surface area contributed by atoms with Crippen LogP contribution in [0.1, 0.15) is 134 Å². The minimum atomic E-state index is -6.43. The van der Waals surface area contributed by atoms with Crippen LogP contribution in [0.4, 0.5) is 46.5 Å². The van der Waals surface area contributed by atoms with Crippen LogP contribution in [0.15, 0.2) is 24.3 Å². The topological polar surface area (TPSA) is 52.0 Å². The van der Waals surface area contributed by atoms with Crippen molar-refractivity contribution >= 4 is 11.4 Å². The number of hydrogen-bond acceptors (Lipinski definition) is 2. The average molecular weight is 601 g/mol. The van der Waals surface area contributed by atoms with E-state index in [2.05, 4.69) is 0 Å². The Balaban J connectivity index is 1.42. The summed E-state index contributed by atoms with van der Waals surface area (Å²) in [5, 5.41) is 0. The molecule has 4 fully saturated rings. The summed E-state index contributed by atoms with van der Waals surface area (Å²) in [5.74, 6) is -25.1. The molecule has 2 nitrogen and oxygen atoms in total. The Bertz CT molecular complexity index is 1180. The number of hydrogen-bond donors (Lipinski definition) is 2. The molecule has 4 aliphatic carbocycles. The zero-order valence-electron chi connectivity index (χ0n) is 23.3. The fraction of sp³-hybridized carbons (Fsp3) is 0.625. The third-order valence-corrected chi connectivity index (χ3v) is 10.6. The fourth-order valence-electron chi connectivity index (χ4n) is 6.75. The number of nitrogen functional groups attached to an aromatic ring is 2. The van der Waals surface area contributed by atoms with Crippen LogP contribution in [0.5, 0.6) is 0 Å². The molecule has 4 aliphatic rings. The Morgan fingerprint density at radius 3 is 0.810 bits per heavy atom. The van der Waals surface area contributed by atoms with Crippen molar-refractivity contribution in [3.8, 4) is 0 Å². The Morgan fingerprint density at radius 1 is 0.429 bits per heavy atom. The maximum Gasteiger partial charge on any atom is 0.382 e. The summed E-state index contributed by atoms with van der Waals surface area (Å²) in [6.45, 7) is 0. The van der Waals surface area contributed by atoms with E-state index in [0.717, 1.165) is 49.9 Å². The standard InChI is InChI=1S/C32H36F8N2/c33-29(34,21-13-23(17-5-1-6-17)27(41)24(14-21)18-7-2-8-18)31(37,38)32(39,40)30(35,36)22-15-25(19-9-3-10-19)28(42)26(16-22)20-11-4-12-20/h13-20H,1-12,41-42H2. The normalized spacial score (nSPS) is 21.4. The van der Waals surface area contributed by atoms with Crippen molar-refractivity contribution in [2.75, 3.05) is 11.5 Å². The van der Waals surface area contributed by atoms with E-state index < -0.39 is 34.8 Å². The van der Waals surface area contributed by atoms with Crippen LogP contribution in [-0.4, -0.2) is 11.8 Å². The van der Waals surface area contributed by atoms with E-state index in [9.17, 15) is 0 Å². The molecule has 0 heterocycles. The summed E-state index contributed by atoms with van der Waals surface area (Å²) in [6, 6.07) is 2.93. The van der Waals surface area contributed by atoms with Gasteiger partial charge < -0.3 is 11.5 Å². The van der Waals surface area contributed by atoms with Crippen LogP contribution in [0, 0.1) is 0 Å². The van der Waals surface area contributed by atoms with Gasteiger partial charge in [-0.25, -0.2) is 0 Å². The third kappa shape index (κ3) is 4.24. The molecule has 42 heavy (non-hydrogen) atoms. The molecule has 230 valence electrons. The quantitative estimate of drug-likeness (QED) is 0.222. The van der Waals surface area contributed by atoms with E-state index in [4.69, 9.17) is 11.5 Å². The van der Waals surface area contributed by atoms with Crippen molar-refractivity contribution in [1.29, 1.82) is 0 Å². The van der Waals surface area contributed by atoms with Crippen molar-refractivity contribution in [1.82, 2.24) is 0 Å². The van der Waals surface area contributed by atoms with Gasteiger partial charge in [0.1, 0.15) is 0 Å². The number of halogens is 8. The molecule has 4 saturated carbocycles. The van der Waals surface area contributed by atoms with E-state index >= 15 is 35.1 Å². The van der Waals surface area contributed by atoms with Crippen molar-refractivity contribution in [2.24, 2.45) is 0 Å². The Labute approximate surface area is 240 Å². The summed E-state index contributed by atoms with van der Waals surface area (Å²) in [7, 11) is 0. The van der Waals surface area contributed by atoms with Gasteiger partial charge in [-0.2, -0.15) is 35.1 Å². The van der Waals surface area contributed by atoms with Gasteiger partial charge in [-0.05, 0) is 122 Å². The Morgan fingerprint density at radius 2 is 0.643 bits per heavy atom. The van der Waals surface area contributed by atoms with Gasteiger partial charge in [0.25, 0.3) is 0 Å². The van der Waals surface area contributed by atoms with Crippen LogP contribution in [0.25, 0.3) is 0 Å². The second-order valence-electron chi connectivity index (χ2n) is 12.9. The van der Waals surface area contributed by atoms with Gasteiger partial charge in [-0.15, -0.1) is 0 Å². The minimum Gasteiger partial charge on any atom is -0.398 e. The van der Waals surface area contributed by atoms with Crippen molar-refractivity contribution in [2.45, 2.75) is 124 Å². The van der Waals surface area contributed by atoms with E-state index in [1.54, 1.807) is 0 Å². The Kier molecular flexibility index (Phi) is 7.04. The van der Waals surface area contributed by atoms with Crippen LogP contribution in [0.2, 0.25) is 0 Å². The summed E-state index contributed by atoms with van der Waals surface area (Å²) < 4.78 is 125. The SMILES string of the molecule is Nc1c(C2CCC2)cc(C(F)(F)C(F)(F)C(F)(F)C(F)(F)c2cc(C3CCC3)c(N)c(C3CCC3)c2)cc1C1CCC1. The predicted octanol–water partition coefficient (Wildman–Crippen LogP) is 10.1.